The van der Waals surface area contributed by atoms with Crippen LogP contribution < -0.4 is 4.74 Å². The van der Waals surface area contributed by atoms with Crippen LogP contribution in [0.4, 0.5) is 0 Å². The van der Waals surface area contributed by atoms with Gasteiger partial charge >= 0.3 is 0 Å². The van der Waals surface area contributed by atoms with Gasteiger partial charge in [-0.25, -0.2) is 0 Å². The summed E-state index contributed by atoms with van der Waals surface area (Å²) in [5.41, 5.74) is 0.968. The number of benzene rings is 1. The Morgan fingerprint density at radius 3 is 3.00 bits per heavy atom. The van der Waals surface area contributed by atoms with Gasteiger partial charge in [-0.15, -0.1) is 0 Å². The minimum atomic E-state index is 0.498. The Morgan fingerprint density at radius 1 is 1.43 bits per heavy atom. The van der Waals surface area contributed by atoms with Crippen molar-refractivity contribution in [1.82, 2.24) is 14.9 Å². The van der Waals surface area contributed by atoms with E-state index in [0.717, 1.165) is 36.4 Å². The lowest BCUT2D eigenvalue weighted by Crippen LogP contribution is -2.04. The first-order chi connectivity index (χ1) is 11.1. The largest absolute Gasteiger partial charge is 0.493 e. The normalized spacial score (nSPS) is 11.5. The summed E-state index contributed by atoms with van der Waals surface area (Å²) in [6, 6.07) is 7.88. The lowest BCUT2D eigenvalue weighted by molar-refractivity contribution is 0.271. The molecule has 0 saturated heterocycles. The highest BCUT2D eigenvalue weighted by Crippen LogP contribution is 2.13. The van der Waals surface area contributed by atoms with Crippen LogP contribution in [0.2, 0.25) is 0 Å². The van der Waals surface area contributed by atoms with Crippen LogP contribution in [0.1, 0.15) is 45.0 Å². The van der Waals surface area contributed by atoms with E-state index in [9.17, 15) is 0 Å². The Bertz CT molecular complexity index is 703. The predicted molar refractivity (Wildman–Crippen MR) is 95.8 cm³/mol. The second-order valence-electron chi connectivity index (χ2n) is 5.88. The minimum absolute atomic E-state index is 0.498. The van der Waals surface area contributed by atoms with Crippen LogP contribution in [0.15, 0.2) is 29.4 Å². The Balaban J connectivity index is 2.12. The van der Waals surface area contributed by atoms with Gasteiger partial charge in [0.15, 0.2) is 5.82 Å². The molecule has 0 aliphatic carbocycles. The molecule has 6 heteroatoms. The third-order valence-electron chi connectivity index (χ3n) is 3.24. The Kier molecular flexibility index (Phi) is 6.52. The van der Waals surface area contributed by atoms with Crippen molar-refractivity contribution in [3.8, 4) is 5.75 Å². The van der Waals surface area contributed by atoms with Crippen LogP contribution in [0.25, 0.3) is 0 Å². The fourth-order valence-corrected chi connectivity index (χ4v) is 2.21. The minimum Gasteiger partial charge on any atom is -0.493 e. The van der Waals surface area contributed by atoms with Crippen LogP contribution in [-0.4, -0.2) is 27.7 Å². The number of nitrogens with one attached hydrogen (secondary N) is 1. The van der Waals surface area contributed by atoms with E-state index in [4.69, 9.17) is 17.0 Å². The third-order valence-corrected chi connectivity index (χ3v) is 3.50. The molecule has 1 N–H and O–H groups in total. The lowest BCUT2D eigenvalue weighted by Gasteiger charge is -2.08. The summed E-state index contributed by atoms with van der Waals surface area (Å²) in [5.74, 6) is 2.21. The van der Waals surface area contributed by atoms with E-state index in [1.165, 1.54) is 0 Å². The van der Waals surface area contributed by atoms with Crippen LogP contribution in [0, 0.1) is 10.7 Å². The molecule has 1 heterocycles. The van der Waals surface area contributed by atoms with Crippen LogP contribution in [-0.2, 0) is 6.42 Å². The second-order valence-corrected chi connectivity index (χ2v) is 6.27. The standard InChI is InChI=1S/C17H24N4OS/c1-4-5-9-16-19-20-17(23)21(16)18-11-14-7-6-8-15(10-14)22-12-13(2)3/h6-8,10-11,13H,4-5,9,12H2,1-3H3,(H,20,23)/b18-11-. The van der Waals surface area contributed by atoms with E-state index in [2.05, 4.69) is 36.1 Å². The zero-order valence-electron chi connectivity index (χ0n) is 14.0. The van der Waals surface area contributed by atoms with Crippen molar-refractivity contribution >= 4 is 18.4 Å². The summed E-state index contributed by atoms with van der Waals surface area (Å²) in [5, 5.41) is 11.5. The molecule has 0 bridgehead atoms. The monoisotopic (exact) mass is 332 g/mol. The molecule has 0 fully saturated rings. The third kappa shape index (κ3) is 5.32. The zero-order valence-corrected chi connectivity index (χ0v) is 14.8. The molecular weight excluding hydrogens is 308 g/mol. The number of rotatable bonds is 8. The first-order valence-electron chi connectivity index (χ1n) is 8.03. The summed E-state index contributed by atoms with van der Waals surface area (Å²) in [6.45, 7) is 7.11. The Morgan fingerprint density at radius 2 is 2.26 bits per heavy atom. The first-order valence-corrected chi connectivity index (χ1v) is 8.44. The molecule has 0 aliphatic heterocycles. The van der Waals surface area contributed by atoms with Gasteiger partial charge in [0.2, 0.25) is 4.77 Å². The Labute approximate surface area is 142 Å². The van der Waals surface area contributed by atoms with Gasteiger partial charge in [0.25, 0.3) is 0 Å². The van der Waals surface area contributed by atoms with Gasteiger partial charge in [0, 0.05) is 6.42 Å². The smallest absolute Gasteiger partial charge is 0.216 e. The molecule has 0 spiro atoms. The quantitative estimate of drug-likeness (QED) is 0.582. The highest BCUT2D eigenvalue weighted by atomic mass is 32.1. The molecule has 0 saturated carbocycles. The lowest BCUT2D eigenvalue weighted by atomic mass is 10.2. The molecule has 0 radical (unpaired) electrons. The molecular formula is C17H24N4OS. The molecule has 0 amide bonds. The molecule has 124 valence electrons. The number of nitrogens with zero attached hydrogens (tertiary/aromatic N) is 3. The highest BCUT2D eigenvalue weighted by molar-refractivity contribution is 7.71. The molecule has 5 nitrogen and oxygen atoms in total. The number of hydrogen-bond donors (Lipinski definition) is 1. The molecule has 23 heavy (non-hydrogen) atoms. The number of aromatic amines is 1. The summed E-state index contributed by atoms with van der Waals surface area (Å²) in [4.78, 5) is 0. The predicted octanol–water partition coefficient (Wildman–Crippen LogP) is 4.20. The summed E-state index contributed by atoms with van der Waals surface area (Å²) >= 11 is 5.24. The average molecular weight is 332 g/mol. The molecule has 2 rings (SSSR count). The van der Waals surface area contributed by atoms with Crippen molar-refractivity contribution in [3.05, 3.63) is 40.4 Å². The number of aryl methyl sites for hydroxylation is 1. The fraction of sp³-hybridized carbons (Fsp3) is 0.471. The fourth-order valence-electron chi connectivity index (χ4n) is 2.01. The first kappa shape index (κ1) is 17.4. The average Bonchev–Trinajstić information content (AvgIpc) is 2.89. The van der Waals surface area contributed by atoms with Crippen LogP contribution in [0.5, 0.6) is 5.75 Å². The van der Waals surface area contributed by atoms with Crippen LogP contribution >= 0.6 is 12.2 Å². The van der Waals surface area contributed by atoms with E-state index in [1.54, 1.807) is 10.9 Å². The maximum absolute atomic E-state index is 5.74. The highest BCUT2D eigenvalue weighted by Gasteiger charge is 2.04. The van der Waals surface area contributed by atoms with E-state index in [0.29, 0.717) is 17.3 Å². The van der Waals surface area contributed by atoms with Gasteiger partial charge in [0.1, 0.15) is 5.75 Å². The number of H-pyrrole nitrogens is 1. The second kappa shape index (κ2) is 8.62. The summed E-state index contributed by atoms with van der Waals surface area (Å²) < 4.78 is 7.94. The molecule has 2 aromatic rings. The maximum atomic E-state index is 5.74. The van der Waals surface area contributed by atoms with Gasteiger partial charge in [0.05, 0.1) is 12.8 Å². The van der Waals surface area contributed by atoms with Gasteiger partial charge in [-0.2, -0.15) is 14.9 Å². The Hall–Kier alpha value is -1.95. The van der Waals surface area contributed by atoms with Crippen LogP contribution in [0.3, 0.4) is 0 Å². The van der Waals surface area contributed by atoms with Crippen molar-refractivity contribution in [1.29, 1.82) is 0 Å². The van der Waals surface area contributed by atoms with Crippen molar-refractivity contribution in [3.63, 3.8) is 0 Å². The number of hydrogen-bond acceptors (Lipinski definition) is 4. The molecule has 1 aromatic carbocycles. The number of ether oxygens (including phenoxy) is 1. The molecule has 0 atom stereocenters. The van der Waals surface area contributed by atoms with E-state index >= 15 is 0 Å². The van der Waals surface area contributed by atoms with Crippen molar-refractivity contribution in [2.45, 2.75) is 40.0 Å². The van der Waals surface area contributed by atoms with Crippen molar-refractivity contribution in [2.75, 3.05) is 6.61 Å². The van der Waals surface area contributed by atoms with Gasteiger partial charge in [-0.3, -0.25) is 5.10 Å². The molecule has 1 aromatic heterocycles. The summed E-state index contributed by atoms with van der Waals surface area (Å²) in [6.07, 6.45) is 4.81. The van der Waals surface area contributed by atoms with Crippen molar-refractivity contribution < 1.29 is 4.74 Å². The van der Waals surface area contributed by atoms with Gasteiger partial charge in [-0.1, -0.05) is 39.3 Å². The topological polar surface area (TPSA) is 55.2 Å². The molecule has 0 aliphatic rings. The molecule has 0 unspecified atom stereocenters. The van der Waals surface area contributed by atoms with E-state index < -0.39 is 0 Å². The zero-order chi connectivity index (χ0) is 16.7. The summed E-state index contributed by atoms with van der Waals surface area (Å²) in [7, 11) is 0. The number of unbranched alkanes of at least 4 members (excludes halogenated alkanes) is 1. The van der Waals surface area contributed by atoms with Gasteiger partial charge < -0.3 is 4.74 Å². The van der Waals surface area contributed by atoms with E-state index in [-0.39, 0.29) is 0 Å². The number of aromatic nitrogens is 3. The maximum Gasteiger partial charge on any atom is 0.216 e. The van der Waals surface area contributed by atoms with Gasteiger partial charge in [-0.05, 0) is 42.3 Å². The SMILES string of the molecule is CCCCc1n[nH]c(=S)n1/N=C\c1cccc(OCC(C)C)c1. The van der Waals surface area contributed by atoms with Crippen molar-refractivity contribution in [2.24, 2.45) is 11.0 Å². The van der Waals surface area contributed by atoms with E-state index in [1.807, 2.05) is 24.3 Å².